The summed E-state index contributed by atoms with van der Waals surface area (Å²) >= 11 is 0. The van der Waals surface area contributed by atoms with Crippen LogP contribution in [-0.2, 0) is 0 Å². The molecule has 9 aromatic rings. The van der Waals surface area contributed by atoms with E-state index in [4.69, 9.17) is 9.39 Å². The highest BCUT2D eigenvalue weighted by Gasteiger charge is 2.41. The molecule has 0 spiro atoms. The lowest BCUT2D eigenvalue weighted by atomic mass is 9.50. The van der Waals surface area contributed by atoms with Crippen LogP contribution in [-0.4, -0.2) is 11.5 Å². The molecule has 0 aliphatic carbocycles. The van der Waals surface area contributed by atoms with Crippen LogP contribution in [0.5, 0.6) is 17.2 Å². The van der Waals surface area contributed by atoms with Gasteiger partial charge in [0, 0.05) is 32.8 Å². The van der Waals surface area contributed by atoms with Crippen LogP contribution in [0.1, 0.15) is 0 Å². The Morgan fingerprint density at radius 2 is 1.00 bits per heavy atom. The highest BCUT2D eigenvalue weighted by atomic mass is 16.5. The molecule has 0 radical (unpaired) electrons. The van der Waals surface area contributed by atoms with E-state index in [0.29, 0.717) is 0 Å². The third-order valence-electron chi connectivity index (χ3n) is 10.7. The summed E-state index contributed by atoms with van der Waals surface area (Å²) < 4.78 is 16.2. The summed E-state index contributed by atoms with van der Waals surface area (Å²) in [7, 11) is 0. The molecule has 1 aromatic heterocycles. The van der Waals surface area contributed by atoms with E-state index >= 15 is 0 Å². The molecular formula is C48H30BNO2. The minimum atomic E-state index is -0.317. The molecule has 0 fully saturated rings. The molecule has 0 amide bonds. The van der Waals surface area contributed by atoms with Gasteiger partial charge >= 0.3 is 6.92 Å². The molecule has 52 heavy (non-hydrogen) atoms. The van der Waals surface area contributed by atoms with Crippen molar-refractivity contribution in [1.29, 1.82) is 0 Å². The number of para-hydroxylation sites is 4. The van der Waals surface area contributed by atoms with Crippen LogP contribution >= 0.6 is 0 Å². The fourth-order valence-corrected chi connectivity index (χ4v) is 8.39. The topological polar surface area (TPSA) is 23.4 Å². The maximum absolute atomic E-state index is 6.93. The standard InChI is InChI=1S/C48H30BNO2/c1-2-14-31(15-3-1)34-16-4-5-17-35(34)33-28-40-39-21-9-13-25-45(39)52-49-41-29-32(26-27-46(41)51-47(30-33)48(40)49)36-18-6-10-22-42(36)50-43-23-11-7-19-37(43)38-20-8-12-24-44(38)50/h1-30H. The SMILES string of the molecule is c1ccc(-c2ccccc2-c2cc3c4c(c2)-c2ccccc2OB4c2cc(-c4ccccc4-n4c5ccccc5c5ccccc54)ccc2O3)cc1. The highest BCUT2D eigenvalue weighted by Crippen LogP contribution is 2.44. The zero-order valence-electron chi connectivity index (χ0n) is 28.2. The van der Waals surface area contributed by atoms with Crippen molar-refractivity contribution in [2.75, 3.05) is 0 Å². The molecule has 0 bridgehead atoms. The van der Waals surface area contributed by atoms with Crippen LogP contribution in [0.2, 0.25) is 0 Å². The van der Waals surface area contributed by atoms with Gasteiger partial charge in [-0.05, 0) is 75.8 Å². The Bertz CT molecular complexity index is 2820. The van der Waals surface area contributed by atoms with E-state index in [1.54, 1.807) is 0 Å². The highest BCUT2D eigenvalue weighted by molar-refractivity contribution is 6.84. The van der Waals surface area contributed by atoms with Gasteiger partial charge in [0.1, 0.15) is 17.2 Å². The van der Waals surface area contributed by atoms with Crippen LogP contribution in [0.4, 0.5) is 0 Å². The number of hydrogen-bond acceptors (Lipinski definition) is 2. The van der Waals surface area contributed by atoms with Gasteiger partial charge in [-0.25, -0.2) is 0 Å². The van der Waals surface area contributed by atoms with Gasteiger partial charge in [-0.3, -0.25) is 0 Å². The van der Waals surface area contributed by atoms with Crippen molar-refractivity contribution in [2.24, 2.45) is 0 Å². The van der Waals surface area contributed by atoms with E-state index in [-0.39, 0.29) is 6.92 Å². The summed E-state index contributed by atoms with van der Waals surface area (Å²) in [6.45, 7) is -0.317. The quantitative estimate of drug-likeness (QED) is 0.175. The van der Waals surface area contributed by atoms with Crippen LogP contribution in [0.15, 0.2) is 182 Å². The van der Waals surface area contributed by atoms with Gasteiger partial charge < -0.3 is 14.0 Å². The first kappa shape index (κ1) is 29.0. The van der Waals surface area contributed by atoms with Gasteiger partial charge in [0.2, 0.25) is 0 Å². The lowest BCUT2D eigenvalue weighted by Crippen LogP contribution is -2.53. The van der Waals surface area contributed by atoms with Crippen molar-refractivity contribution in [3.8, 4) is 67.4 Å². The molecule has 4 heteroatoms. The zero-order chi connectivity index (χ0) is 34.2. The number of ether oxygens (including phenoxy) is 1. The lowest BCUT2D eigenvalue weighted by molar-refractivity contribution is 0.479. The smallest absolute Gasteiger partial charge is 0.434 e. The summed E-state index contributed by atoms with van der Waals surface area (Å²) in [5.41, 5.74) is 14.7. The molecule has 3 nitrogen and oxygen atoms in total. The Kier molecular flexibility index (Phi) is 6.35. The number of rotatable bonds is 4. The molecule has 2 aliphatic heterocycles. The third kappa shape index (κ3) is 4.34. The number of hydrogen-bond donors (Lipinski definition) is 0. The van der Waals surface area contributed by atoms with Crippen LogP contribution in [0, 0.1) is 0 Å². The lowest BCUT2D eigenvalue weighted by Gasteiger charge is -2.33. The molecule has 242 valence electrons. The van der Waals surface area contributed by atoms with Crippen molar-refractivity contribution < 1.29 is 9.39 Å². The Morgan fingerprint density at radius 1 is 0.385 bits per heavy atom. The largest absolute Gasteiger partial charge is 0.551 e. The fourth-order valence-electron chi connectivity index (χ4n) is 8.39. The second-order valence-corrected chi connectivity index (χ2v) is 13.6. The molecule has 0 unspecified atom stereocenters. The molecule has 3 heterocycles. The third-order valence-corrected chi connectivity index (χ3v) is 10.7. The minimum absolute atomic E-state index is 0.317. The number of fused-ring (bicyclic) bond motifs is 7. The first-order valence-electron chi connectivity index (χ1n) is 17.8. The molecule has 2 aliphatic rings. The number of aromatic nitrogens is 1. The normalized spacial score (nSPS) is 12.5. The van der Waals surface area contributed by atoms with Crippen molar-refractivity contribution in [1.82, 2.24) is 4.57 Å². The molecule has 0 saturated carbocycles. The Hall–Kier alpha value is -6.78. The first-order valence-corrected chi connectivity index (χ1v) is 17.8. The van der Waals surface area contributed by atoms with E-state index in [0.717, 1.165) is 61.7 Å². The van der Waals surface area contributed by atoms with Gasteiger partial charge in [0.15, 0.2) is 0 Å². The van der Waals surface area contributed by atoms with Crippen LogP contribution in [0.3, 0.4) is 0 Å². The van der Waals surface area contributed by atoms with E-state index in [9.17, 15) is 0 Å². The van der Waals surface area contributed by atoms with E-state index in [1.807, 2.05) is 0 Å². The number of benzene rings is 8. The summed E-state index contributed by atoms with van der Waals surface area (Å²) in [6.07, 6.45) is 0. The molecule has 8 aromatic carbocycles. The molecule has 11 rings (SSSR count). The summed E-state index contributed by atoms with van der Waals surface area (Å²) in [5.74, 6) is 2.53. The summed E-state index contributed by atoms with van der Waals surface area (Å²) in [4.78, 5) is 0. The monoisotopic (exact) mass is 663 g/mol. The first-order chi connectivity index (χ1) is 25.8. The molecular weight excluding hydrogens is 633 g/mol. The summed E-state index contributed by atoms with van der Waals surface area (Å²) in [6, 6.07) is 64.7. The molecule has 0 atom stereocenters. The van der Waals surface area contributed by atoms with Crippen LogP contribution < -0.4 is 20.3 Å². The van der Waals surface area contributed by atoms with Gasteiger partial charge in [0.25, 0.3) is 0 Å². The van der Waals surface area contributed by atoms with Crippen molar-refractivity contribution in [3.05, 3.63) is 182 Å². The van der Waals surface area contributed by atoms with Crippen LogP contribution in [0.25, 0.3) is 72.0 Å². The predicted molar refractivity (Wildman–Crippen MR) is 215 cm³/mol. The Balaban J connectivity index is 1.08. The van der Waals surface area contributed by atoms with Gasteiger partial charge in [-0.1, -0.05) is 140 Å². The van der Waals surface area contributed by atoms with E-state index < -0.39 is 0 Å². The maximum Gasteiger partial charge on any atom is 0.434 e. The fraction of sp³-hybridized carbons (Fsp3) is 0. The maximum atomic E-state index is 6.93. The Morgan fingerprint density at radius 3 is 1.77 bits per heavy atom. The summed E-state index contributed by atoms with van der Waals surface area (Å²) in [5, 5.41) is 2.49. The van der Waals surface area contributed by atoms with Crippen molar-refractivity contribution >= 4 is 39.6 Å². The second kappa shape index (κ2) is 11.4. The van der Waals surface area contributed by atoms with Gasteiger partial charge in [-0.15, -0.1) is 0 Å². The van der Waals surface area contributed by atoms with Gasteiger partial charge in [-0.2, -0.15) is 0 Å². The predicted octanol–water partition coefficient (Wildman–Crippen LogP) is 11.1. The van der Waals surface area contributed by atoms with Crippen molar-refractivity contribution in [2.45, 2.75) is 0 Å². The molecule has 0 N–H and O–H groups in total. The average molecular weight is 664 g/mol. The zero-order valence-corrected chi connectivity index (χ0v) is 28.2. The average Bonchev–Trinajstić information content (AvgIpc) is 3.55. The van der Waals surface area contributed by atoms with Gasteiger partial charge in [0.05, 0.1) is 16.7 Å². The Labute approximate surface area is 302 Å². The number of nitrogens with zero attached hydrogens (tertiary/aromatic N) is 1. The second-order valence-electron chi connectivity index (χ2n) is 13.6. The van der Waals surface area contributed by atoms with Crippen molar-refractivity contribution in [3.63, 3.8) is 0 Å². The molecule has 0 saturated heterocycles. The minimum Gasteiger partial charge on any atom is -0.551 e. The van der Waals surface area contributed by atoms with E-state index in [2.05, 4.69) is 187 Å². The van der Waals surface area contributed by atoms with E-state index in [1.165, 1.54) is 38.5 Å².